The molecule has 0 aliphatic carbocycles. The fourth-order valence-electron chi connectivity index (χ4n) is 3.64. The van der Waals surface area contributed by atoms with Gasteiger partial charge in [0.15, 0.2) is 6.29 Å². The number of carbonyl (C=O) groups is 2. The number of aromatic nitrogens is 1. The van der Waals surface area contributed by atoms with E-state index in [9.17, 15) is 9.59 Å². The molecule has 0 unspecified atom stereocenters. The van der Waals surface area contributed by atoms with E-state index in [1.54, 1.807) is 25.3 Å². The van der Waals surface area contributed by atoms with Gasteiger partial charge < -0.3 is 14.4 Å². The number of pyridine rings is 1. The maximum absolute atomic E-state index is 12.9. The van der Waals surface area contributed by atoms with Crippen molar-refractivity contribution >= 4 is 23.1 Å². The van der Waals surface area contributed by atoms with Crippen molar-refractivity contribution in [2.45, 2.75) is 5.60 Å². The summed E-state index contributed by atoms with van der Waals surface area (Å²) in [5, 5.41) is 0.858. The average Bonchev–Trinajstić information content (AvgIpc) is 2.70. The van der Waals surface area contributed by atoms with Crippen molar-refractivity contribution in [3.63, 3.8) is 0 Å². The highest BCUT2D eigenvalue weighted by molar-refractivity contribution is 5.98. The van der Waals surface area contributed by atoms with E-state index < -0.39 is 0 Å². The minimum Gasteiger partial charge on any atom is -0.375 e. The highest BCUT2D eigenvalue weighted by atomic mass is 16.6. The molecule has 4 rings (SSSR count). The Labute approximate surface area is 157 Å². The Bertz CT molecular complexity index is 852. The van der Waals surface area contributed by atoms with Crippen LogP contribution in [0, 0.1) is 0 Å². The summed E-state index contributed by atoms with van der Waals surface area (Å²) >= 11 is 0. The minimum atomic E-state index is -0.183. The van der Waals surface area contributed by atoms with E-state index in [2.05, 4.69) is 9.88 Å². The number of rotatable bonds is 5. The van der Waals surface area contributed by atoms with Crippen LogP contribution in [-0.4, -0.2) is 85.6 Å². The van der Waals surface area contributed by atoms with Gasteiger partial charge in [-0.2, -0.15) is 0 Å². The van der Waals surface area contributed by atoms with Crippen LogP contribution in [0.25, 0.3) is 10.9 Å². The number of amides is 1. The monoisotopic (exact) mass is 369 g/mol. The van der Waals surface area contributed by atoms with Crippen molar-refractivity contribution in [1.82, 2.24) is 14.8 Å². The van der Waals surface area contributed by atoms with Crippen molar-refractivity contribution in [2.75, 3.05) is 53.0 Å². The van der Waals surface area contributed by atoms with E-state index in [-0.39, 0.29) is 11.5 Å². The molecule has 0 saturated carbocycles. The standard InChI is InChI=1S/C20H23N3O4/c1-26-20(13-27-14-20)12-22-6-8-23(9-7-22)19(25)16-3-5-18-15(10-16)2-4-17(11-24)21-18/h2-5,10-11H,6-9,12-14H2,1H3. The number of fused-ring (bicyclic) bond motifs is 1. The number of hydrogen-bond acceptors (Lipinski definition) is 6. The average molecular weight is 369 g/mol. The molecule has 0 spiro atoms. The summed E-state index contributed by atoms with van der Waals surface area (Å²) < 4.78 is 10.9. The van der Waals surface area contributed by atoms with Gasteiger partial charge in [-0.15, -0.1) is 0 Å². The summed E-state index contributed by atoms with van der Waals surface area (Å²) in [4.78, 5) is 32.2. The molecular weight excluding hydrogens is 346 g/mol. The van der Waals surface area contributed by atoms with Crippen molar-refractivity contribution in [1.29, 1.82) is 0 Å². The fraction of sp³-hybridized carbons (Fsp3) is 0.450. The molecule has 0 radical (unpaired) electrons. The van der Waals surface area contributed by atoms with Crippen molar-refractivity contribution < 1.29 is 19.1 Å². The van der Waals surface area contributed by atoms with E-state index in [1.165, 1.54) is 0 Å². The second-order valence-electron chi connectivity index (χ2n) is 7.21. The molecule has 1 amide bonds. The number of aldehydes is 1. The minimum absolute atomic E-state index is 0.0319. The number of methoxy groups -OCH3 is 1. The first-order chi connectivity index (χ1) is 13.1. The number of benzene rings is 1. The van der Waals surface area contributed by atoms with E-state index >= 15 is 0 Å². The van der Waals surface area contributed by atoms with Crippen LogP contribution >= 0.6 is 0 Å². The number of carbonyl (C=O) groups excluding carboxylic acids is 2. The number of piperazine rings is 1. The summed E-state index contributed by atoms with van der Waals surface area (Å²) in [7, 11) is 1.73. The van der Waals surface area contributed by atoms with E-state index in [4.69, 9.17) is 9.47 Å². The van der Waals surface area contributed by atoms with Gasteiger partial charge in [-0.05, 0) is 24.3 Å². The third-order valence-corrected chi connectivity index (χ3v) is 5.41. The van der Waals surface area contributed by atoms with Crippen LogP contribution in [0.4, 0.5) is 0 Å². The molecule has 0 atom stereocenters. The maximum Gasteiger partial charge on any atom is 0.253 e. The van der Waals surface area contributed by atoms with Gasteiger partial charge >= 0.3 is 0 Å². The number of ether oxygens (including phenoxy) is 2. The molecule has 0 bridgehead atoms. The topological polar surface area (TPSA) is 72.0 Å². The molecule has 3 heterocycles. The van der Waals surface area contributed by atoms with Crippen LogP contribution in [0.3, 0.4) is 0 Å². The smallest absolute Gasteiger partial charge is 0.253 e. The zero-order valence-electron chi connectivity index (χ0n) is 15.4. The fourth-order valence-corrected chi connectivity index (χ4v) is 3.64. The van der Waals surface area contributed by atoms with Gasteiger partial charge in [0.2, 0.25) is 0 Å². The molecule has 142 valence electrons. The van der Waals surface area contributed by atoms with Crippen LogP contribution in [0.5, 0.6) is 0 Å². The lowest BCUT2D eigenvalue weighted by Gasteiger charge is -2.45. The summed E-state index contributed by atoms with van der Waals surface area (Å²) in [6.45, 7) is 5.16. The summed E-state index contributed by atoms with van der Waals surface area (Å²) in [6, 6.07) is 8.91. The van der Waals surface area contributed by atoms with Gasteiger partial charge in [0.25, 0.3) is 5.91 Å². The number of hydrogen-bond donors (Lipinski definition) is 0. The molecule has 27 heavy (non-hydrogen) atoms. The van der Waals surface area contributed by atoms with E-state index in [0.29, 0.717) is 43.1 Å². The summed E-state index contributed by atoms with van der Waals surface area (Å²) in [6.07, 6.45) is 0.724. The zero-order valence-corrected chi connectivity index (χ0v) is 15.4. The second-order valence-corrected chi connectivity index (χ2v) is 7.21. The highest BCUT2D eigenvalue weighted by Gasteiger charge is 2.41. The van der Waals surface area contributed by atoms with Crippen LogP contribution < -0.4 is 0 Å². The van der Waals surface area contributed by atoms with Gasteiger partial charge in [0, 0.05) is 50.8 Å². The van der Waals surface area contributed by atoms with E-state index in [0.717, 1.165) is 31.3 Å². The van der Waals surface area contributed by atoms with Crippen molar-refractivity contribution in [2.24, 2.45) is 0 Å². The van der Waals surface area contributed by atoms with Crippen LogP contribution in [0.2, 0.25) is 0 Å². The molecule has 7 nitrogen and oxygen atoms in total. The Kier molecular flexibility index (Phi) is 4.90. The molecule has 2 fully saturated rings. The molecule has 2 aliphatic rings. The largest absolute Gasteiger partial charge is 0.375 e. The first-order valence-corrected chi connectivity index (χ1v) is 9.13. The van der Waals surface area contributed by atoms with Gasteiger partial charge in [-0.3, -0.25) is 14.5 Å². The molecule has 7 heteroatoms. The molecule has 2 saturated heterocycles. The third kappa shape index (κ3) is 3.58. The van der Waals surface area contributed by atoms with Crippen LogP contribution in [-0.2, 0) is 9.47 Å². The van der Waals surface area contributed by atoms with Crippen LogP contribution in [0.15, 0.2) is 30.3 Å². The van der Waals surface area contributed by atoms with Crippen molar-refractivity contribution in [3.8, 4) is 0 Å². The SMILES string of the molecule is COC1(CN2CCN(C(=O)c3ccc4nc(C=O)ccc4c3)CC2)COC1. The van der Waals surface area contributed by atoms with Gasteiger partial charge in [-0.25, -0.2) is 4.98 Å². The Morgan fingerprint density at radius 2 is 2.00 bits per heavy atom. The molecule has 0 N–H and O–H groups in total. The first-order valence-electron chi connectivity index (χ1n) is 9.13. The predicted octanol–water partition coefficient (Wildman–Crippen LogP) is 1.22. The molecule has 2 aromatic rings. The Morgan fingerprint density at radius 1 is 1.22 bits per heavy atom. The lowest BCUT2D eigenvalue weighted by molar-refractivity contribution is -0.205. The first kappa shape index (κ1) is 18.0. The molecule has 1 aromatic carbocycles. The Hall–Kier alpha value is -2.35. The molecule has 1 aromatic heterocycles. The Balaban J connectivity index is 1.40. The van der Waals surface area contributed by atoms with Crippen LogP contribution in [0.1, 0.15) is 20.8 Å². The lowest BCUT2D eigenvalue weighted by Crippen LogP contribution is -2.61. The van der Waals surface area contributed by atoms with Gasteiger partial charge in [0.05, 0.1) is 18.7 Å². The maximum atomic E-state index is 12.9. The normalized spacial score (nSPS) is 19.7. The number of nitrogens with zero attached hydrogens (tertiary/aromatic N) is 3. The highest BCUT2D eigenvalue weighted by Crippen LogP contribution is 2.23. The third-order valence-electron chi connectivity index (χ3n) is 5.41. The summed E-state index contributed by atoms with van der Waals surface area (Å²) in [5.41, 5.74) is 1.58. The quantitative estimate of drug-likeness (QED) is 0.738. The lowest BCUT2D eigenvalue weighted by atomic mass is 10.0. The van der Waals surface area contributed by atoms with Gasteiger partial charge in [0.1, 0.15) is 11.3 Å². The van der Waals surface area contributed by atoms with Crippen molar-refractivity contribution in [3.05, 3.63) is 41.6 Å². The predicted molar refractivity (Wildman–Crippen MR) is 100 cm³/mol. The zero-order chi connectivity index (χ0) is 18.9. The summed E-state index contributed by atoms with van der Waals surface area (Å²) in [5.74, 6) is 0.0319. The Morgan fingerprint density at radius 3 is 2.63 bits per heavy atom. The van der Waals surface area contributed by atoms with E-state index in [1.807, 2.05) is 17.0 Å². The van der Waals surface area contributed by atoms with Gasteiger partial charge in [-0.1, -0.05) is 6.07 Å². The molecular formula is C20H23N3O4. The second kappa shape index (κ2) is 7.34. The molecule has 2 aliphatic heterocycles.